The third-order valence-electron chi connectivity index (χ3n) is 11.1. The van der Waals surface area contributed by atoms with Gasteiger partial charge < -0.3 is 13.7 Å². The summed E-state index contributed by atoms with van der Waals surface area (Å²) in [4.78, 5) is 2.34. The number of furan rings is 2. The summed E-state index contributed by atoms with van der Waals surface area (Å²) in [6.07, 6.45) is 0. The van der Waals surface area contributed by atoms with Crippen LogP contribution >= 0.6 is 0 Å². The van der Waals surface area contributed by atoms with Crippen LogP contribution in [0.5, 0.6) is 0 Å². The molecule has 0 N–H and O–H groups in total. The molecule has 11 aromatic rings. The van der Waals surface area contributed by atoms with E-state index in [1.54, 1.807) is 0 Å². The summed E-state index contributed by atoms with van der Waals surface area (Å²) in [5.74, 6) is 0. The Morgan fingerprint density at radius 1 is 0.298 bits per heavy atom. The van der Waals surface area contributed by atoms with Gasteiger partial charge in [-0.2, -0.15) is 0 Å². The van der Waals surface area contributed by atoms with E-state index in [2.05, 4.69) is 193 Å². The first kappa shape index (κ1) is 32.8. The zero-order valence-electron chi connectivity index (χ0n) is 31.0. The van der Waals surface area contributed by atoms with E-state index in [9.17, 15) is 0 Å². The van der Waals surface area contributed by atoms with Crippen LogP contribution in [0.2, 0.25) is 0 Å². The maximum atomic E-state index is 6.74. The van der Waals surface area contributed by atoms with Crippen molar-refractivity contribution in [1.82, 2.24) is 0 Å². The first-order valence-corrected chi connectivity index (χ1v) is 19.3. The lowest BCUT2D eigenvalue weighted by Gasteiger charge is -2.27. The number of benzene rings is 9. The molecule has 0 atom stereocenters. The summed E-state index contributed by atoms with van der Waals surface area (Å²) in [6.45, 7) is 0. The van der Waals surface area contributed by atoms with Gasteiger partial charge in [0.2, 0.25) is 0 Å². The van der Waals surface area contributed by atoms with Gasteiger partial charge in [-0.15, -0.1) is 0 Å². The average molecular weight is 730 g/mol. The summed E-state index contributed by atoms with van der Waals surface area (Å²) in [6, 6.07) is 75.0. The molecule has 3 nitrogen and oxygen atoms in total. The van der Waals surface area contributed by atoms with Crippen LogP contribution in [0.1, 0.15) is 0 Å². The lowest BCUT2D eigenvalue weighted by Crippen LogP contribution is -2.10. The summed E-state index contributed by atoms with van der Waals surface area (Å²) >= 11 is 0. The molecule has 0 bridgehead atoms. The second kappa shape index (κ2) is 13.6. The molecule has 57 heavy (non-hydrogen) atoms. The van der Waals surface area contributed by atoms with E-state index >= 15 is 0 Å². The predicted molar refractivity (Wildman–Crippen MR) is 237 cm³/mol. The predicted octanol–water partition coefficient (Wildman–Crippen LogP) is 15.6. The number of rotatable bonds is 7. The van der Waals surface area contributed by atoms with Crippen molar-refractivity contribution in [2.24, 2.45) is 0 Å². The summed E-state index contributed by atoms with van der Waals surface area (Å²) in [5.41, 5.74) is 15.8. The first-order valence-electron chi connectivity index (χ1n) is 19.3. The van der Waals surface area contributed by atoms with Gasteiger partial charge in [-0.3, -0.25) is 0 Å². The molecule has 0 unspecified atom stereocenters. The monoisotopic (exact) mass is 729 g/mol. The quantitative estimate of drug-likeness (QED) is 0.164. The number of anilines is 3. The van der Waals surface area contributed by atoms with Gasteiger partial charge in [0.1, 0.15) is 22.3 Å². The molecule has 9 aromatic carbocycles. The molecule has 0 saturated heterocycles. The van der Waals surface area contributed by atoms with E-state index in [1.807, 2.05) is 24.3 Å². The molecule has 2 heterocycles. The van der Waals surface area contributed by atoms with Crippen molar-refractivity contribution in [2.75, 3.05) is 4.90 Å². The fraction of sp³-hybridized carbons (Fsp3) is 0. The highest BCUT2D eigenvalue weighted by molar-refractivity contribution is 6.17. The molecule has 0 aliphatic carbocycles. The van der Waals surface area contributed by atoms with Crippen LogP contribution in [-0.4, -0.2) is 0 Å². The van der Waals surface area contributed by atoms with Crippen molar-refractivity contribution >= 4 is 60.9 Å². The molecule has 0 fully saturated rings. The number of nitrogens with zero attached hydrogens (tertiary/aromatic N) is 1. The normalized spacial score (nSPS) is 11.5. The standard InChI is InChI=1S/C54H35NO2/c1-3-15-36(16-4-1)41-19-7-9-21-44(41)45-22-10-8-20-42(45)38-27-29-39(30-28-38)55(40-31-32-47-46-23-11-13-25-50(46)56-52(47)35-40)49-34-33-43(37-17-5-2-6-18-37)54-53(49)48-24-12-14-26-51(48)57-54/h1-35H. The highest BCUT2D eigenvalue weighted by Crippen LogP contribution is 2.47. The Labute approximate surface area is 330 Å². The van der Waals surface area contributed by atoms with Crippen molar-refractivity contribution < 1.29 is 8.83 Å². The van der Waals surface area contributed by atoms with Crippen LogP contribution in [0.15, 0.2) is 221 Å². The minimum atomic E-state index is 0.843. The molecule has 0 aliphatic rings. The Bertz CT molecular complexity index is 3230. The second-order valence-corrected chi connectivity index (χ2v) is 14.4. The van der Waals surface area contributed by atoms with E-state index in [0.717, 1.165) is 77.6 Å². The van der Waals surface area contributed by atoms with E-state index in [-0.39, 0.29) is 0 Å². The first-order chi connectivity index (χ1) is 28.3. The van der Waals surface area contributed by atoms with Gasteiger partial charge in [0.25, 0.3) is 0 Å². The molecule has 0 saturated carbocycles. The largest absolute Gasteiger partial charge is 0.456 e. The molecule has 0 amide bonds. The van der Waals surface area contributed by atoms with Crippen molar-refractivity contribution in [3.63, 3.8) is 0 Å². The maximum Gasteiger partial charge on any atom is 0.145 e. The Hall–Kier alpha value is -7.62. The van der Waals surface area contributed by atoms with E-state index in [1.165, 1.54) is 27.8 Å². The summed E-state index contributed by atoms with van der Waals surface area (Å²) < 4.78 is 13.2. The van der Waals surface area contributed by atoms with Gasteiger partial charge in [0, 0.05) is 39.2 Å². The molecule has 3 heteroatoms. The van der Waals surface area contributed by atoms with Gasteiger partial charge in [-0.05, 0) is 87.5 Å². The van der Waals surface area contributed by atoms with Crippen molar-refractivity contribution in [2.45, 2.75) is 0 Å². The van der Waals surface area contributed by atoms with Gasteiger partial charge in [-0.25, -0.2) is 0 Å². The van der Waals surface area contributed by atoms with Gasteiger partial charge >= 0.3 is 0 Å². The van der Waals surface area contributed by atoms with Gasteiger partial charge in [0.05, 0.1) is 11.1 Å². The molecular formula is C54H35NO2. The molecule has 2 aromatic heterocycles. The third-order valence-corrected chi connectivity index (χ3v) is 11.1. The Balaban J connectivity index is 1.10. The maximum absolute atomic E-state index is 6.74. The van der Waals surface area contributed by atoms with Crippen LogP contribution in [0.4, 0.5) is 17.1 Å². The van der Waals surface area contributed by atoms with E-state index in [4.69, 9.17) is 8.83 Å². The Morgan fingerprint density at radius 2 is 0.789 bits per heavy atom. The lowest BCUT2D eigenvalue weighted by molar-refractivity contribution is 0.669. The van der Waals surface area contributed by atoms with Crippen LogP contribution in [0, 0.1) is 0 Å². The van der Waals surface area contributed by atoms with Crippen LogP contribution in [-0.2, 0) is 0 Å². The van der Waals surface area contributed by atoms with Crippen LogP contribution in [0.3, 0.4) is 0 Å². The fourth-order valence-corrected chi connectivity index (χ4v) is 8.47. The number of hydrogen-bond acceptors (Lipinski definition) is 3. The fourth-order valence-electron chi connectivity index (χ4n) is 8.47. The average Bonchev–Trinajstić information content (AvgIpc) is 3.86. The van der Waals surface area contributed by atoms with Gasteiger partial charge in [0.15, 0.2) is 0 Å². The highest BCUT2D eigenvalue weighted by atomic mass is 16.3. The molecule has 0 aliphatic heterocycles. The van der Waals surface area contributed by atoms with Crippen LogP contribution in [0.25, 0.3) is 88.4 Å². The van der Waals surface area contributed by atoms with E-state index < -0.39 is 0 Å². The number of para-hydroxylation sites is 2. The molecular weight excluding hydrogens is 695 g/mol. The Morgan fingerprint density at radius 3 is 1.46 bits per heavy atom. The summed E-state index contributed by atoms with van der Waals surface area (Å²) in [5, 5.41) is 4.33. The van der Waals surface area contributed by atoms with Crippen molar-refractivity contribution in [1.29, 1.82) is 0 Å². The number of fused-ring (bicyclic) bond motifs is 6. The molecule has 11 rings (SSSR count). The van der Waals surface area contributed by atoms with Gasteiger partial charge in [-0.1, -0.05) is 158 Å². The van der Waals surface area contributed by atoms with E-state index in [0.29, 0.717) is 0 Å². The minimum Gasteiger partial charge on any atom is -0.456 e. The topological polar surface area (TPSA) is 29.5 Å². The third kappa shape index (κ3) is 5.60. The summed E-state index contributed by atoms with van der Waals surface area (Å²) in [7, 11) is 0. The Kier molecular flexibility index (Phi) is 7.82. The molecule has 268 valence electrons. The smallest absolute Gasteiger partial charge is 0.145 e. The zero-order chi connectivity index (χ0) is 37.7. The lowest BCUT2D eigenvalue weighted by atomic mass is 9.89. The van der Waals surface area contributed by atoms with Crippen LogP contribution < -0.4 is 4.90 Å². The van der Waals surface area contributed by atoms with Crippen molar-refractivity contribution in [3.8, 4) is 44.5 Å². The zero-order valence-corrected chi connectivity index (χ0v) is 31.0. The highest BCUT2D eigenvalue weighted by Gasteiger charge is 2.23. The number of hydrogen-bond donors (Lipinski definition) is 0. The molecule has 0 spiro atoms. The molecule has 0 radical (unpaired) electrons. The SMILES string of the molecule is c1ccc(-c2ccccc2-c2ccccc2-c2ccc(N(c3ccc4c(c3)oc3ccccc34)c3ccc(-c4ccccc4)c4oc5ccccc5c34)cc2)cc1. The van der Waals surface area contributed by atoms with Crippen molar-refractivity contribution in [3.05, 3.63) is 212 Å². The second-order valence-electron chi connectivity index (χ2n) is 14.4. The minimum absolute atomic E-state index is 0.843.